The van der Waals surface area contributed by atoms with Gasteiger partial charge in [-0.15, -0.1) is 0 Å². The van der Waals surface area contributed by atoms with Gasteiger partial charge in [0.15, 0.2) is 0 Å². The van der Waals surface area contributed by atoms with Crippen LogP contribution in [0.25, 0.3) is 0 Å². The molecule has 0 aromatic heterocycles. The van der Waals surface area contributed by atoms with Gasteiger partial charge in [0, 0.05) is 17.5 Å². The van der Waals surface area contributed by atoms with Crippen LogP contribution < -0.4 is 0 Å². The third-order valence-corrected chi connectivity index (χ3v) is 4.12. The van der Waals surface area contributed by atoms with Crippen molar-refractivity contribution < 1.29 is 10.2 Å². The first kappa shape index (κ1) is 14.0. The van der Waals surface area contributed by atoms with Crippen molar-refractivity contribution in [2.45, 2.75) is 32.6 Å². The lowest BCUT2D eigenvalue weighted by Gasteiger charge is -2.31. The summed E-state index contributed by atoms with van der Waals surface area (Å²) in [4.78, 5) is 0. The number of rotatable bonds is 2. The van der Waals surface area contributed by atoms with E-state index in [-0.39, 0.29) is 23.3 Å². The Labute approximate surface area is 119 Å². The van der Waals surface area contributed by atoms with E-state index in [2.05, 4.69) is 19.6 Å². The van der Waals surface area contributed by atoms with Crippen molar-refractivity contribution in [1.29, 1.82) is 0 Å². The smallest absolute Gasteiger partial charge is 0.124 e. The largest absolute Gasteiger partial charge is 0.508 e. The Morgan fingerprint density at radius 2 is 2.05 bits per heavy atom. The molecule has 1 aliphatic carbocycles. The number of aromatic hydroxyl groups is 2. The summed E-state index contributed by atoms with van der Waals surface area (Å²) >= 11 is 6.21. The highest BCUT2D eigenvalue weighted by Gasteiger charge is 2.29. The van der Waals surface area contributed by atoms with Crippen molar-refractivity contribution in [3.63, 3.8) is 0 Å². The van der Waals surface area contributed by atoms with Crippen LogP contribution in [0.15, 0.2) is 35.9 Å². The van der Waals surface area contributed by atoms with E-state index in [4.69, 9.17) is 11.6 Å². The van der Waals surface area contributed by atoms with E-state index in [1.54, 1.807) is 0 Å². The summed E-state index contributed by atoms with van der Waals surface area (Å²) < 4.78 is 0. The zero-order valence-corrected chi connectivity index (χ0v) is 12.0. The summed E-state index contributed by atoms with van der Waals surface area (Å²) in [6.07, 6.45) is 4.21. The second-order valence-electron chi connectivity index (χ2n) is 5.39. The fourth-order valence-electron chi connectivity index (χ4n) is 2.83. The van der Waals surface area contributed by atoms with Crippen molar-refractivity contribution in [1.82, 2.24) is 0 Å². The predicted octanol–water partition coefficient (Wildman–Crippen LogP) is 4.77. The molecule has 0 radical (unpaired) electrons. The van der Waals surface area contributed by atoms with E-state index in [0.29, 0.717) is 10.6 Å². The van der Waals surface area contributed by atoms with Crippen LogP contribution in [-0.2, 0) is 0 Å². The van der Waals surface area contributed by atoms with Gasteiger partial charge in [-0.1, -0.05) is 35.4 Å². The number of benzene rings is 1. The molecule has 1 aromatic carbocycles. The minimum atomic E-state index is -0.0189. The average molecular weight is 279 g/mol. The van der Waals surface area contributed by atoms with E-state index >= 15 is 0 Å². The van der Waals surface area contributed by atoms with Crippen LogP contribution in [-0.4, -0.2) is 10.2 Å². The van der Waals surface area contributed by atoms with Crippen LogP contribution in [0.4, 0.5) is 0 Å². The Morgan fingerprint density at radius 1 is 1.37 bits per heavy atom. The lowest BCUT2D eigenvalue weighted by Crippen LogP contribution is -2.17. The monoisotopic (exact) mass is 278 g/mol. The highest BCUT2D eigenvalue weighted by atomic mass is 35.5. The zero-order chi connectivity index (χ0) is 14.2. The van der Waals surface area contributed by atoms with Gasteiger partial charge in [-0.25, -0.2) is 0 Å². The first-order chi connectivity index (χ1) is 8.90. The Hall–Kier alpha value is -1.41. The maximum atomic E-state index is 10.1. The topological polar surface area (TPSA) is 40.5 Å². The molecule has 0 bridgehead atoms. The van der Waals surface area contributed by atoms with Crippen molar-refractivity contribution >= 4 is 11.6 Å². The van der Waals surface area contributed by atoms with Gasteiger partial charge < -0.3 is 10.2 Å². The van der Waals surface area contributed by atoms with Crippen LogP contribution in [0, 0.1) is 5.92 Å². The quantitative estimate of drug-likeness (QED) is 0.765. The molecule has 1 aromatic rings. The predicted molar refractivity (Wildman–Crippen MR) is 78.8 cm³/mol. The second kappa shape index (κ2) is 5.30. The van der Waals surface area contributed by atoms with Crippen molar-refractivity contribution in [2.24, 2.45) is 5.92 Å². The summed E-state index contributed by atoms with van der Waals surface area (Å²) in [6.45, 7) is 8.15. The zero-order valence-electron chi connectivity index (χ0n) is 11.3. The molecule has 2 atom stereocenters. The molecule has 0 saturated heterocycles. The lowest BCUT2D eigenvalue weighted by atomic mass is 9.74. The van der Waals surface area contributed by atoms with Gasteiger partial charge in [-0.3, -0.25) is 0 Å². The molecule has 2 nitrogen and oxygen atoms in total. The molecular weight excluding hydrogens is 260 g/mol. The molecule has 0 unspecified atom stereocenters. The summed E-state index contributed by atoms with van der Waals surface area (Å²) in [5, 5.41) is 20.0. The van der Waals surface area contributed by atoms with Gasteiger partial charge in [0.05, 0.1) is 5.02 Å². The summed E-state index contributed by atoms with van der Waals surface area (Å²) in [5.74, 6) is 0.331. The minimum Gasteiger partial charge on any atom is -0.508 e. The van der Waals surface area contributed by atoms with Crippen molar-refractivity contribution in [3.05, 3.63) is 46.5 Å². The fourth-order valence-corrected chi connectivity index (χ4v) is 3.16. The number of hydrogen-bond donors (Lipinski definition) is 2. The first-order valence-electron chi connectivity index (χ1n) is 6.44. The molecule has 3 heteroatoms. The SMILES string of the molecule is C=C(C)[C@@H]1CCC(C)=C[C@H]1c1c(O)cc(O)cc1Cl. The third-order valence-electron chi connectivity index (χ3n) is 3.81. The summed E-state index contributed by atoms with van der Waals surface area (Å²) in [7, 11) is 0. The first-order valence-corrected chi connectivity index (χ1v) is 6.82. The number of phenolic OH excluding ortho intramolecular Hbond substituents is 2. The molecule has 102 valence electrons. The highest BCUT2D eigenvalue weighted by Crippen LogP contribution is 2.46. The lowest BCUT2D eigenvalue weighted by molar-refractivity contribution is 0.426. The summed E-state index contributed by atoms with van der Waals surface area (Å²) in [6, 6.07) is 2.82. The van der Waals surface area contributed by atoms with E-state index in [9.17, 15) is 10.2 Å². The molecule has 0 fully saturated rings. The van der Waals surface area contributed by atoms with E-state index < -0.39 is 0 Å². The molecule has 0 aliphatic heterocycles. The van der Waals surface area contributed by atoms with Gasteiger partial charge in [-0.05, 0) is 38.7 Å². The Morgan fingerprint density at radius 3 is 2.63 bits per heavy atom. The second-order valence-corrected chi connectivity index (χ2v) is 5.80. The summed E-state index contributed by atoms with van der Waals surface area (Å²) in [5.41, 5.74) is 3.08. The Bertz CT molecular complexity index is 523. The number of phenols is 2. The Kier molecular flexibility index (Phi) is 3.91. The van der Waals surface area contributed by atoms with E-state index in [1.807, 2.05) is 6.92 Å². The number of halogens is 1. The molecule has 1 aliphatic rings. The molecule has 19 heavy (non-hydrogen) atoms. The van der Waals surface area contributed by atoms with Crippen LogP contribution >= 0.6 is 11.6 Å². The fraction of sp³-hybridized carbons (Fsp3) is 0.375. The maximum Gasteiger partial charge on any atom is 0.124 e. The molecule has 0 saturated carbocycles. The van der Waals surface area contributed by atoms with Gasteiger partial charge in [0.1, 0.15) is 11.5 Å². The molecule has 2 N–H and O–H groups in total. The molecule has 0 amide bonds. The van der Waals surface area contributed by atoms with E-state index in [0.717, 1.165) is 18.4 Å². The molecule has 0 heterocycles. The Balaban J connectivity index is 2.54. The maximum absolute atomic E-state index is 10.1. The molecule has 0 spiro atoms. The number of allylic oxidation sites excluding steroid dienone is 3. The van der Waals surface area contributed by atoms with Crippen LogP contribution in [0.5, 0.6) is 11.5 Å². The van der Waals surface area contributed by atoms with Gasteiger partial charge >= 0.3 is 0 Å². The van der Waals surface area contributed by atoms with Crippen molar-refractivity contribution in [2.75, 3.05) is 0 Å². The van der Waals surface area contributed by atoms with Gasteiger partial charge in [-0.2, -0.15) is 0 Å². The van der Waals surface area contributed by atoms with Crippen LogP contribution in [0.1, 0.15) is 38.2 Å². The average Bonchev–Trinajstić information content (AvgIpc) is 2.27. The van der Waals surface area contributed by atoms with Gasteiger partial charge in [0.25, 0.3) is 0 Å². The van der Waals surface area contributed by atoms with Crippen LogP contribution in [0.3, 0.4) is 0 Å². The normalized spacial score (nSPS) is 23.0. The van der Waals surface area contributed by atoms with E-state index in [1.165, 1.54) is 17.7 Å². The van der Waals surface area contributed by atoms with Crippen LogP contribution in [0.2, 0.25) is 5.02 Å². The highest BCUT2D eigenvalue weighted by molar-refractivity contribution is 6.31. The standard InChI is InChI=1S/C16H19ClO2/c1-9(2)12-5-4-10(3)6-13(12)16-14(17)7-11(18)8-15(16)19/h6-8,12-13,18-19H,1,4-5H2,2-3H3/t12-,13+/m0/s1. The third kappa shape index (κ3) is 2.79. The minimum absolute atomic E-state index is 0.0189. The molecule has 2 rings (SSSR count). The van der Waals surface area contributed by atoms with Crippen molar-refractivity contribution in [3.8, 4) is 11.5 Å². The number of hydrogen-bond acceptors (Lipinski definition) is 2. The molecular formula is C16H19ClO2. The van der Waals surface area contributed by atoms with Gasteiger partial charge in [0.2, 0.25) is 0 Å².